The average Bonchev–Trinajstić information content (AvgIpc) is 2.17. The number of ketones is 1. The zero-order valence-corrected chi connectivity index (χ0v) is 11.0. The first-order valence-corrected chi connectivity index (χ1v) is 6.85. The van der Waals surface area contributed by atoms with E-state index in [1.165, 1.54) is 31.8 Å². The lowest BCUT2D eigenvalue weighted by atomic mass is 9.96. The molecule has 0 aliphatic heterocycles. The van der Waals surface area contributed by atoms with Crippen LogP contribution in [0.5, 0.6) is 0 Å². The Labute approximate surface area is 96.0 Å². The van der Waals surface area contributed by atoms with Gasteiger partial charge in [-0.1, -0.05) is 32.6 Å². The second-order valence-electron chi connectivity index (χ2n) is 4.31. The van der Waals surface area contributed by atoms with Crippen LogP contribution in [0, 0.1) is 5.92 Å². The first-order valence-electron chi connectivity index (χ1n) is 6.03. The van der Waals surface area contributed by atoms with E-state index >= 15 is 0 Å². The van der Waals surface area contributed by atoms with Crippen LogP contribution in [0.1, 0.15) is 51.9 Å². The summed E-state index contributed by atoms with van der Waals surface area (Å²) in [6.45, 7) is 2.13. The topological polar surface area (TPSA) is 37.3 Å². The number of carbonyl (C=O) groups is 1. The summed E-state index contributed by atoms with van der Waals surface area (Å²) in [5, 5.41) is 8.60. The van der Waals surface area contributed by atoms with E-state index in [1.54, 1.807) is 0 Å². The number of hydrogen-bond acceptors (Lipinski definition) is 2. The smallest absolute Gasteiger partial charge is 0.135 e. The number of rotatable bonds is 10. The molecule has 0 fully saturated rings. The van der Waals surface area contributed by atoms with Gasteiger partial charge in [-0.2, -0.15) is 0 Å². The van der Waals surface area contributed by atoms with Crippen LogP contribution in [0.4, 0.5) is 0 Å². The summed E-state index contributed by atoms with van der Waals surface area (Å²) in [7, 11) is 2.75. The molecule has 15 heavy (non-hydrogen) atoms. The monoisotopic (exact) mass is 232 g/mol. The first kappa shape index (κ1) is 15.1. The van der Waals surface area contributed by atoms with Crippen molar-refractivity contribution in [3.05, 3.63) is 0 Å². The summed E-state index contributed by atoms with van der Waals surface area (Å²) in [5.41, 5.74) is 0. The molecule has 90 valence electrons. The van der Waals surface area contributed by atoms with Gasteiger partial charge < -0.3 is 5.11 Å². The Balaban J connectivity index is 3.32. The zero-order valence-electron chi connectivity index (χ0n) is 9.87. The van der Waals surface area contributed by atoms with Crippen LogP contribution in [0.25, 0.3) is 0 Å². The molecule has 0 aromatic carbocycles. The van der Waals surface area contributed by atoms with Crippen LogP contribution in [-0.2, 0) is 4.79 Å². The Morgan fingerprint density at radius 2 is 1.93 bits per heavy atom. The van der Waals surface area contributed by atoms with Gasteiger partial charge in [0.05, 0.1) is 0 Å². The van der Waals surface area contributed by atoms with Crippen molar-refractivity contribution in [2.45, 2.75) is 51.9 Å². The van der Waals surface area contributed by atoms with Gasteiger partial charge >= 0.3 is 0 Å². The third kappa shape index (κ3) is 10.3. The van der Waals surface area contributed by atoms with Crippen LogP contribution in [0.2, 0.25) is 0 Å². The van der Waals surface area contributed by atoms with Crippen molar-refractivity contribution in [2.24, 2.45) is 5.92 Å². The van der Waals surface area contributed by atoms with Crippen LogP contribution < -0.4 is 0 Å². The molecule has 0 aliphatic carbocycles. The number of Topliss-reactive ketones (excluding diaryl/α,β-unsaturated/α-hetero) is 1. The van der Waals surface area contributed by atoms with Crippen LogP contribution in [0.3, 0.4) is 0 Å². The van der Waals surface area contributed by atoms with Crippen molar-refractivity contribution in [3.63, 3.8) is 0 Å². The highest BCUT2D eigenvalue weighted by Crippen LogP contribution is 2.15. The standard InChI is InChI=1S/C12H25O2P/c1-11(10-12(14)7-8-13)6-4-2-3-5-9-15/h11,13H,2-10,15H2,1H3. The molecule has 0 bridgehead atoms. The fourth-order valence-electron chi connectivity index (χ4n) is 1.71. The molecule has 2 nitrogen and oxygen atoms in total. The maximum Gasteiger partial charge on any atom is 0.135 e. The number of hydrogen-bond donors (Lipinski definition) is 1. The molecule has 0 aromatic heterocycles. The Bertz CT molecular complexity index is 160. The molecule has 0 amide bonds. The van der Waals surface area contributed by atoms with Crippen LogP contribution in [-0.4, -0.2) is 23.7 Å². The van der Waals surface area contributed by atoms with Gasteiger partial charge in [-0.05, 0) is 18.5 Å². The summed E-state index contributed by atoms with van der Waals surface area (Å²) >= 11 is 0. The highest BCUT2D eigenvalue weighted by atomic mass is 31.0. The quantitative estimate of drug-likeness (QED) is 0.464. The van der Waals surface area contributed by atoms with E-state index in [2.05, 4.69) is 16.2 Å². The van der Waals surface area contributed by atoms with Gasteiger partial charge in [-0.3, -0.25) is 4.79 Å². The van der Waals surface area contributed by atoms with Crippen molar-refractivity contribution in [2.75, 3.05) is 12.8 Å². The minimum absolute atomic E-state index is 0.000278. The van der Waals surface area contributed by atoms with E-state index in [0.717, 1.165) is 6.42 Å². The van der Waals surface area contributed by atoms with Gasteiger partial charge in [0.15, 0.2) is 0 Å². The van der Waals surface area contributed by atoms with Crippen molar-refractivity contribution >= 4 is 15.0 Å². The second-order valence-corrected chi connectivity index (χ2v) is 4.89. The van der Waals surface area contributed by atoms with E-state index < -0.39 is 0 Å². The lowest BCUT2D eigenvalue weighted by Crippen LogP contribution is -2.07. The molecule has 0 radical (unpaired) electrons. The van der Waals surface area contributed by atoms with Gasteiger partial charge in [0.1, 0.15) is 5.78 Å². The van der Waals surface area contributed by atoms with Gasteiger partial charge in [0.2, 0.25) is 0 Å². The predicted octanol–water partition coefficient (Wildman–Crippen LogP) is 2.79. The third-order valence-corrected chi connectivity index (χ3v) is 3.03. The molecule has 2 atom stereocenters. The molecular formula is C12H25O2P. The minimum Gasteiger partial charge on any atom is -0.396 e. The maximum atomic E-state index is 11.2. The average molecular weight is 232 g/mol. The van der Waals surface area contributed by atoms with Crippen LogP contribution >= 0.6 is 9.24 Å². The van der Waals surface area contributed by atoms with Gasteiger partial charge in [0.25, 0.3) is 0 Å². The maximum absolute atomic E-state index is 11.2. The largest absolute Gasteiger partial charge is 0.396 e. The Morgan fingerprint density at radius 1 is 1.27 bits per heavy atom. The van der Waals surface area contributed by atoms with E-state index in [0.29, 0.717) is 18.8 Å². The number of aliphatic hydroxyl groups excluding tert-OH is 1. The highest BCUT2D eigenvalue weighted by molar-refractivity contribution is 7.16. The Kier molecular flexibility index (Phi) is 10.6. The van der Waals surface area contributed by atoms with Crippen molar-refractivity contribution < 1.29 is 9.90 Å². The molecule has 3 heteroatoms. The molecule has 0 rings (SSSR count). The molecule has 0 spiro atoms. The molecule has 0 saturated carbocycles. The van der Waals surface area contributed by atoms with E-state index in [-0.39, 0.29) is 12.4 Å². The van der Waals surface area contributed by atoms with E-state index in [4.69, 9.17) is 5.11 Å². The number of carbonyl (C=O) groups excluding carboxylic acids is 1. The summed E-state index contributed by atoms with van der Waals surface area (Å²) in [6, 6.07) is 0. The summed E-state index contributed by atoms with van der Waals surface area (Å²) in [4.78, 5) is 11.2. The molecule has 1 N–H and O–H groups in total. The molecule has 2 unspecified atom stereocenters. The van der Waals surface area contributed by atoms with Gasteiger partial charge in [-0.25, -0.2) is 0 Å². The number of aliphatic hydroxyl groups is 1. The highest BCUT2D eigenvalue weighted by Gasteiger charge is 2.08. The molecule has 0 heterocycles. The first-order chi connectivity index (χ1) is 7.20. The molecule has 0 aromatic rings. The van der Waals surface area contributed by atoms with E-state index in [1.807, 2.05) is 0 Å². The summed E-state index contributed by atoms with van der Waals surface area (Å²) in [5.74, 6) is 0.690. The van der Waals surface area contributed by atoms with Gasteiger partial charge in [0, 0.05) is 19.4 Å². The van der Waals surface area contributed by atoms with Crippen molar-refractivity contribution in [3.8, 4) is 0 Å². The third-order valence-electron chi connectivity index (χ3n) is 2.62. The molecule has 0 aliphatic rings. The number of unbranched alkanes of at least 4 members (excludes halogenated alkanes) is 3. The predicted molar refractivity (Wildman–Crippen MR) is 68.2 cm³/mol. The SMILES string of the molecule is CC(CCCCCCP)CC(=O)CCO. The molecular weight excluding hydrogens is 207 g/mol. The Morgan fingerprint density at radius 3 is 2.53 bits per heavy atom. The second kappa shape index (κ2) is 10.6. The van der Waals surface area contributed by atoms with Crippen molar-refractivity contribution in [1.29, 1.82) is 0 Å². The normalized spacial score (nSPS) is 12.7. The van der Waals surface area contributed by atoms with E-state index in [9.17, 15) is 4.79 Å². The lowest BCUT2D eigenvalue weighted by molar-refractivity contribution is -0.120. The lowest BCUT2D eigenvalue weighted by Gasteiger charge is -2.09. The Hall–Kier alpha value is 0.0600. The van der Waals surface area contributed by atoms with Gasteiger partial charge in [-0.15, -0.1) is 9.24 Å². The summed E-state index contributed by atoms with van der Waals surface area (Å²) < 4.78 is 0. The zero-order chi connectivity index (χ0) is 11.5. The van der Waals surface area contributed by atoms with Crippen molar-refractivity contribution in [1.82, 2.24) is 0 Å². The fourth-order valence-corrected chi connectivity index (χ4v) is 2.00. The minimum atomic E-state index is -0.000278. The molecule has 0 saturated heterocycles. The van der Waals surface area contributed by atoms with Crippen LogP contribution in [0.15, 0.2) is 0 Å². The summed E-state index contributed by atoms with van der Waals surface area (Å²) in [6.07, 6.45) is 8.44. The fraction of sp³-hybridized carbons (Fsp3) is 0.917.